The van der Waals surface area contributed by atoms with Crippen molar-refractivity contribution < 1.29 is 14.3 Å². The van der Waals surface area contributed by atoms with Gasteiger partial charge in [-0.3, -0.25) is 0 Å². The Morgan fingerprint density at radius 1 is 1.53 bits per heavy atom. The van der Waals surface area contributed by atoms with Gasteiger partial charge in [-0.2, -0.15) is 4.37 Å². The first kappa shape index (κ1) is 12.0. The molecule has 7 heteroatoms. The number of nitrogens with zero attached hydrogens (tertiary/aromatic N) is 2. The molecule has 2 rings (SSSR count). The molecule has 0 bridgehead atoms. The number of hydrogen-bond donors (Lipinski definition) is 1. The van der Waals surface area contributed by atoms with Crippen LogP contribution in [-0.2, 0) is 5.75 Å². The van der Waals surface area contributed by atoms with Crippen LogP contribution in [0, 0.1) is 5.82 Å². The van der Waals surface area contributed by atoms with Crippen LogP contribution < -0.4 is 0 Å². The minimum absolute atomic E-state index is 0.0489. The Labute approximate surface area is 105 Å². The highest BCUT2D eigenvalue weighted by Crippen LogP contribution is 2.24. The van der Waals surface area contributed by atoms with E-state index >= 15 is 0 Å². The quantitative estimate of drug-likeness (QED) is 0.865. The number of hydrogen-bond acceptors (Lipinski definition) is 5. The SMILES string of the molecule is O=C(O)c1ccc(CSc2ncns2)c(F)c1. The molecule has 0 aliphatic rings. The Morgan fingerprint density at radius 2 is 2.35 bits per heavy atom. The largest absolute Gasteiger partial charge is 0.478 e. The highest BCUT2D eigenvalue weighted by atomic mass is 32.2. The molecule has 0 aliphatic carbocycles. The molecular formula is C10H7FN2O2S2. The number of carboxylic acids is 1. The van der Waals surface area contributed by atoms with Gasteiger partial charge in [-0.05, 0) is 29.2 Å². The first-order valence-electron chi connectivity index (χ1n) is 4.58. The smallest absolute Gasteiger partial charge is 0.335 e. The average Bonchev–Trinajstić information content (AvgIpc) is 2.80. The van der Waals surface area contributed by atoms with Crippen LogP contribution in [0.5, 0.6) is 0 Å². The van der Waals surface area contributed by atoms with E-state index in [1.54, 1.807) is 0 Å². The molecule has 0 saturated carbocycles. The second-order valence-electron chi connectivity index (χ2n) is 3.11. The van der Waals surface area contributed by atoms with Gasteiger partial charge in [0.05, 0.1) is 5.56 Å². The van der Waals surface area contributed by atoms with Crippen molar-refractivity contribution in [3.63, 3.8) is 0 Å². The molecule has 1 N–H and O–H groups in total. The molecule has 0 fully saturated rings. The standard InChI is InChI=1S/C10H7FN2O2S2/c11-8-3-6(9(14)15)1-2-7(8)4-16-10-12-5-13-17-10/h1-3,5H,4H2,(H,14,15). The van der Waals surface area contributed by atoms with Crippen LogP contribution in [0.4, 0.5) is 4.39 Å². The van der Waals surface area contributed by atoms with Crippen molar-refractivity contribution in [3.8, 4) is 0 Å². The summed E-state index contributed by atoms with van der Waals surface area (Å²) in [6.07, 6.45) is 1.44. The average molecular weight is 270 g/mol. The van der Waals surface area contributed by atoms with E-state index < -0.39 is 11.8 Å². The summed E-state index contributed by atoms with van der Waals surface area (Å²) in [7, 11) is 0. The lowest BCUT2D eigenvalue weighted by atomic mass is 10.1. The molecule has 88 valence electrons. The maximum Gasteiger partial charge on any atom is 0.335 e. The van der Waals surface area contributed by atoms with Gasteiger partial charge in [-0.25, -0.2) is 14.2 Å². The highest BCUT2D eigenvalue weighted by molar-refractivity contribution is 8.00. The molecule has 0 unspecified atom stereocenters. The molecule has 0 amide bonds. The zero-order chi connectivity index (χ0) is 12.3. The summed E-state index contributed by atoms with van der Waals surface area (Å²) < 4.78 is 18.1. The summed E-state index contributed by atoms with van der Waals surface area (Å²) in [6, 6.07) is 3.90. The predicted octanol–water partition coefficient (Wildman–Crippen LogP) is 2.67. The summed E-state index contributed by atoms with van der Waals surface area (Å²) in [6.45, 7) is 0. The molecular weight excluding hydrogens is 263 g/mol. The van der Waals surface area contributed by atoms with E-state index in [1.165, 1.54) is 41.8 Å². The van der Waals surface area contributed by atoms with Crippen LogP contribution in [-0.4, -0.2) is 20.4 Å². The summed E-state index contributed by atoms with van der Waals surface area (Å²) >= 11 is 2.61. The number of aromatic carboxylic acids is 1. The maximum absolute atomic E-state index is 13.5. The number of aromatic nitrogens is 2. The monoisotopic (exact) mass is 270 g/mol. The normalized spacial score (nSPS) is 10.4. The van der Waals surface area contributed by atoms with E-state index in [9.17, 15) is 9.18 Å². The molecule has 4 nitrogen and oxygen atoms in total. The third-order valence-corrected chi connectivity index (χ3v) is 3.84. The summed E-state index contributed by atoms with van der Waals surface area (Å²) in [5, 5.41) is 8.69. The van der Waals surface area contributed by atoms with Gasteiger partial charge in [0, 0.05) is 5.75 Å². The molecule has 0 spiro atoms. The zero-order valence-corrected chi connectivity index (χ0v) is 10.1. The van der Waals surface area contributed by atoms with Crippen molar-refractivity contribution in [2.24, 2.45) is 0 Å². The lowest BCUT2D eigenvalue weighted by Crippen LogP contribution is -1.98. The third kappa shape index (κ3) is 3.01. The number of carbonyl (C=O) groups is 1. The molecule has 0 atom stereocenters. The number of thioether (sulfide) groups is 1. The number of rotatable bonds is 4. The van der Waals surface area contributed by atoms with E-state index in [4.69, 9.17) is 5.11 Å². The van der Waals surface area contributed by atoms with E-state index in [-0.39, 0.29) is 5.56 Å². The van der Waals surface area contributed by atoms with Crippen LogP contribution in [0.15, 0.2) is 28.9 Å². The molecule has 0 aliphatic heterocycles. The van der Waals surface area contributed by atoms with E-state index in [0.717, 1.165) is 10.4 Å². The molecule has 1 aromatic carbocycles. The Balaban J connectivity index is 2.09. The van der Waals surface area contributed by atoms with Crippen molar-refractivity contribution in [1.29, 1.82) is 0 Å². The predicted molar refractivity (Wildman–Crippen MR) is 62.8 cm³/mol. The van der Waals surface area contributed by atoms with Crippen molar-refractivity contribution in [2.45, 2.75) is 10.1 Å². The second kappa shape index (κ2) is 5.24. The van der Waals surface area contributed by atoms with Crippen molar-refractivity contribution >= 4 is 29.3 Å². The maximum atomic E-state index is 13.5. The Kier molecular flexibility index (Phi) is 3.70. The Morgan fingerprint density at radius 3 is 2.94 bits per heavy atom. The van der Waals surface area contributed by atoms with Crippen LogP contribution in [0.1, 0.15) is 15.9 Å². The van der Waals surface area contributed by atoms with Crippen LogP contribution >= 0.6 is 23.3 Å². The minimum Gasteiger partial charge on any atom is -0.478 e. The van der Waals surface area contributed by atoms with Gasteiger partial charge in [0.2, 0.25) is 0 Å². The first-order chi connectivity index (χ1) is 8.16. The number of carboxylic acid groups (broad SMARTS) is 1. The van der Waals surface area contributed by atoms with Gasteiger partial charge in [0.1, 0.15) is 12.1 Å². The summed E-state index contributed by atoms with van der Waals surface area (Å²) in [5.41, 5.74) is 0.405. The second-order valence-corrected chi connectivity index (χ2v) is 5.11. The minimum atomic E-state index is -1.13. The number of halogens is 1. The van der Waals surface area contributed by atoms with E-state index in [1.807, 2.05) is 0 Å². The lowest BCUT2D eigenvalue weighted by molar-refractivity contribution is 0.0696. The van der Waals surface area contributed by atoms with Crippen LogP contribution in [0.3, 0.4) is 0 Å². The van der Waals surface area contributed by atoms with Gasteiger partial charge >= 0.3 is 5.97 Å². The molecule has 0 radical (unpaired) electrons. The molecule has 17 heavy (non-hydrogen) atoms. The molecule has 1 heterocycles. The summed E-state index contributed by atoms with van der Waals surface area (Å²) in [4.78, 5) is 14.6. The van der Waals surface area contributed by atoms with Crippen molar-refractivity contribution in [1.82, 2.24) is 9.36 Å². The Bertz CT molecular complexity index is 531. The van der Waals surface area contributed by atoms with E-state index in [0.29, 0.717) is 11.3 Å². The van der Waals surface area contributed by atoms with Crippen molar-refractivity contribution in [3.05, 3.63) is 41.5 Å². The fourth-order valence-corrected chi connectivity index (χ4v) is 2.59. The molecule has 2 aromatic rings. The van der Waals surface area contributed by atoms with Crippen LogP contribution in [0.25, 0.3) is 0 Å². The first-order valence-corrected chi connectivity index (χ1v) is 6.34. The third-order valence-electron chi connectivity index (χ3n) is 1.99. The van der Waals surface area contributed by atoms with Gasteiger partial charge in [0.15, 0.2) is 4.34 Å². The van der Waals surface area contributed by atoms with Crippen molar-refractivity contribution in [2.75, 3.05) is 0 Å². The molecule has 0 saturated heterocycles. The molecule has 1 aromatic heterocycles. The zero-order valence-electron chi connectivity index (χ0n) is 8.46. The van der Waals surface area contributed by atoms with Gasteiger partial charge in [0.25, 0.3) is 0 Å². The summed E-state index contributed by atoms with van der Waals surface area (Å²) in [5.74, 6) is -1.24. The van der Waals surface area contributed by atoms with Gasteiger partial charge in [-0.15, -0.1) is 0 Å². The fraction of sp³-hybridized carbons (Fsp3) is 0.100. The fourth-order valence-electron chi connectivity index (χ4n) is 1.16. The lowest BCUT2D eigenvalue weighted by Gasteiger charge is -2.02. The topological polar surface area (TPSA) is 63.1 Å². The van der Waals surface area contributed by atoms with Gasteiger partial charge < -0.3 is 5.11 Å². The van der Waals surface area contributed by atoms with Gasteiger partial charge in [-0.1, -0.05) is 17.8 Å². The van der Waals surface area contributed by atoms with Crippen LogP contribution in [0.2, 0.25) is 0 Å². The number of benzene rings is 1. The van der Waals surface area contributed by atoms with E-state index in [2.05, 4.69) is 9.36 Å². The highest BCUT2D eigenvalue weighted by Gasteiger charge is 2.09. The Hall–Kier alpha value is -1.47.